The van der Waals surface area contributed by atoms with E-state index in [4.69, 9.17) is 10.5 Å². The minimum Gasteiger partial charge on any atom is -0.494 e. The lowest BCUT2D eigenvalue weighted by molar-refractivity contribution is 0.336. The molecule has 0 amide bonds. The Morgan fingerprint density at radius 2 is 2.13 bits per heavy atom. The molecule has 1 aromatic carbocycles. The molecule has 2 nitrogen and oxygen atoms in total. The van der Waals surface area contributed by atoms with Crippen LogP contribution in [0.15, 0.2) is 16.6 Å². The first-order valence-electron chi connectivity index (χ1n) is 5.31. The summed E-state index contributed by atoms with van der Waals surface area (Å²) >= 11 is 3.54. The second kappa shape index (κ2) is 6.13. The molecule has 3 heteroatoms. The summed E-state index contributed by atoms with van der Waals surface area (Å²) in [6.07, 6.45) is 1.97. The van der Waals surface area contributed by atoms with E-state index in [2.05, 4.69) is 35.0 Å². The van der Waals surface area contributed by atoms with Crippen LogP contribution in [0, 0.1) is 6.92 Å². The Labute approximate surface area is 99.9 Å². The van der Waals surface area contributed by atoms with Crippen LogP contribution in [0.2, 0.25) is 0 Å². The van der Waals surface area contributed by atoms with Gasteiger partial charge in [0.2, 0.25) is 0 Å². The van der Waals surface area contributed by atoms with E-state index in [1.165, 1.54) is 11.1 Å². The number of ether oxygens (including phenoxy) is 1. The molecule has 2 N–H and O–H groups in total. The topological polar surface area (TPSA) is 35.2 Å². The SMILES string of the molecule is CCOc1cc(C)c(Br)cc1CCCN. The summed E-state index contributed by atoms with van der Waals surface area (Å²) in [5, 5.41) is 0. The van der Waals surface area contributed by atoms with Gasteiger partial charge in [-0.05, 0) is 56.5 Å². The quantitative estimate of drug-likeness (QED) is 0.894. The first-order chi connectivity index (χ1) is 7.19. The highest BCUT2D eigenvalue weighted by Gasteiger charge is 2.06. The molecule has 0 fully saturated rings. The van der Waals surface area contributed by atoms with Gasteiger partial charge in [0.05, 0.1) is 6.61 Å². The Balaban J connectivity index is 2.93. The lowest BCUT2D eigenvalue weighted by atomic mass is 10.1. The highest BCUT2D eigenvalue weighted by Crippen LogP contribution is 2.27. The molecule has 0 aromatic heterocycles. The van der Waals surface area contributed by atoms with Gasteiger partial charge in [0.25, 0.3) is 0 Å². The van der Waals surface area contributed by atoms with Crippen molar-refractivity contribution in [3.05, 3.63) is 27.7 Å². The number of hydrogen-bond donors (Lipinski definition) is 1. The van der Waals surface area contributed by atoms with Crippen LogP contribution < -0.4 is 10.5 Å². The lowest BCUT2D eigenvalue weighted by Crippen LogP contribution is -2.03. The van der Waals surface area contributed by atoms with E-state index in [-0.39, 0.29) is 0 Å². The van der Waals surface area contributed by atoms with Gasteiger partial charge in [0.15, 0.2) is 0 Å². The van der Waals surface area contributed by atoms with Gasteiger partial charge < -0.3 is 10.5 Å². The minimum absolute atomic E-state index is 0.705. The first-order valence-corrected chi connectivity index (χ1v) is 6.10. The number of hydrogen-bond acceptors (Lipinski definition) is 2. The van der Waals surface area contributed by atoms with E-state index in [1.54, 1.807) is 0 Å². The number of rotatable bonds is 5. The Morgan fingerprint density at radius 1 is 1.40 bits per heavy atom. The Morgan fingerprint density at radius 3 is 2.73 bits per heavy atom. The van der Waals surface area contributed by atoms with E-state index < -0.39 is 0 Å². The molecule has 0 aliphatic carbocycles. The molecule has 0 atom stereocenters. The summed E-state index contributed by atoms with van der Waals surface area (Å²) in [7, 11) is 0. The highest BCUT2D eigenvalue weighted by molar-refractivity contribution is 9.10. The van der Waals surface area contributed by atoms with Crippen molar-refractivity contribution in [1.82, 2.24) is 0 Å². The third-order valence-electron chi connectivity index (χ3n) is 2.29. The molecule has 0 aliphatic rings. The molecule has 0 bridgehead atoms. The summed E-state index contributed by atoms with van der Waals surface area (Å²) in [6.45, 7) is 5.50. The molecule has 15 heavy (non-hydrogen) atoms. The fourth-order valence-electron chi connectivity index (χ4n) is 1.47. The summed E-state index contributed by atoms with van der Waals surface area (Å²) in [4.78, 5) is 0. The predicted molar refractivity (Wildman–Crippen MR) is 67.4 cm³/mol. The van der Waals surface area contributed by atoms with E-state index in [1.807, 2.05) is 6.92 Å². The maximum absolute atomic E-state index is 5.61. The second-order valence-corrected chi connectivity index (χ2v) is 4.39. The molecule has 1 aromatic rings. The molecule has 84 valence electrons. The van der Waals surface area contributed by atoms with Crippen LogP contribution in [0.4, 0.5) is 0 Å². The molecule has 0 spiro atoms. The van der Waals surface area contributed by atoms with Crippen LogP contribution in [-0.4, -0.2) is 13.2 Å². The molecule has 0 saturated heterocycles. The second-order valence-electron chi connectivity index (χ2n) is 3.53. The third-order valence-corrected chi connectivity index (χ3v) is 3.15. The third kappa shape index (κ3) is 3.50. The van der Waals surface area contributed by atoms with Crippen LogP contribution >= 0.6 is 15.9 Å². The van der Waals surface area contributed by atoms with E-state index in [0.717, 1.165) is 29.6 Å². The number of halogens is 1. The molecular formula is C12H18BrNO. The van der Waals surface area contributed by atoms with Crippen molar-refractivity contribution in [2.45, 2.75) is 26.7 Å². The molecule has 0 unspecified atom stereocenters. The van der Waals surface area contributed by atoms with Crippen LogP contribution in [0.5, 0.6) is 5.75 Å². The van der Waals surface area contributed by atoms with Gasteiger partial charge in [-0.3, -0.25) is 0 Å². The van der Waals surface area contributed by atoms with Crippen LogP contribution in [-0.2, 0) is 6.42 Å². The minimum atomic E-state index is 0.705. The number of nitrogens with two attached hydrogens (primary N) is 1. The molecule has 0 radical (unpaired) electrons. The average molecular weight is 272 g/mol. The van der Waals surface area contributed by atoms with Crippen molar-refractivity contribution < 1.29 is 4.74 Å². The number of aryl methyl sites for hydroxylation is 2. The Bertz CT molecular complexity index is 326. The molecule has 1 rings (SSSR count). The van der Waals surface area contributed by atoms with Crippen molar-refractivity contribution >= 4 is 15.9 Å². The predicted octanol–water partition coefficient (Wildman–Crippen LogP) is 3.05. The summed E-state index contributed by atoms with van der Waals surface area (Å²) in [6, 6.07) is 4.22. The van der Waals surface area contributed by atoms with Gasteiger partial charge in [-0.1, -0.05) is 15.9 Å². The molecule has 0 aliphatic heterocycles. The fourth-order valence-corrected chi connectivity index (χ4v) is 1.86. The van der Waals surface area contributed by atoms with E-state index in [9.17, 15) is 0 Å². The van der Waals surface area contributed by atoms with Crippen molar-refractivity contribution in [1.29, 1.82) is 0 Å². The molecule has 0 saturated carbocycles. The summed E-state index contributed by atoms with van der Waals surface area (Å²) < 4.78 is 6.75. The summed E-state index contributed by atoms with van der Waals surface area (Å²) in [5.41, 5.74) is 7.96. The highest BCUT2D eigenvalue weighted by atomic mass is 79.9. The van der Waals surface area contributed by atoms with Gasteiger partial charge in [0, 0.05) is 4.47 Å². The van der Waals surface area contributed by atoms with Crippen LogP contribution in [0.3, 0.4) is 0 Å². The zero-order chi connectivity index (χ0) is 11.3. The van der Waals surface area contributed by atoms with Crippen molar-refractivity contribution in [3.8, 4) is 5.75 Å². The maximum atomic E-state index is 5.61. The van der Waals surface area contributed by atoms with Gasteiger partial charge >= 0.3 is 0 Å². The van der Waals surface area contributed by atoms with Gasteiger partial charge in [-0.15, -0.1) is 0 Å². The monoisotopic (exact) mass is 271 g/mol. The van der Waals surface area contributed by atoms with Crippen molar-refractivity contribution in [2.75, 3.05) is 13.2 Å². The zero-order valence-electron chi connectivity index (χ0n) is 9.35. The van der Waals surface area contributed by atoms with Gasteiger partial charge in [-0.25, -0.2) is 0 Å². The normalized spacial score (nSPS) is 10.4. The number of benzene rings is 1. The van der Waals surface area contributed by atoms with Crippen LogP contribution in [0.1, 0.15) is 24.5 Å². The lowest BCUT2D eigenvalue weighted by Gasteiger charge is -2.12. The van der Waals surface area contributed by atoms with Gasteiger partial charge in [0.1, 0.15) is 5.75 Å². The Hall–Kier alpha value is -0.540. The smallest absolute Gasteiger partial charge is 0.122 e. The first kappa shape index (κ1) is 12.5. The van der Waals surface area contributed by atoms with Crippen molar-refractivity contribution in [2.24, 2.45) is 5.73 Å². The van der Waals surface area contributed by atoms with E-state index >= 15 is 0 Å². The molecular weight excluding hydrogens is 254 g/mol. The van der Waals surface area contributed by atoms with E-state index in [0.29, 0.717) is 6.61 Å². The molecule has 0 heterocycles. The fraction of sp³-hybridized carbons (Fsp3) is 0.500. The Kier molecular flexibility index (Phi) is 5.12. The van der Waals surface area contributed by atoms with Crippen molar-refractivity contribution in [3.63, 3.8) is 0 Å². The maximum Gasteiger partial charge on any atom is 0.122 e. The van der Waals surface area contributed by atoms with Crippen LogP contribution in [0.25, 0.3) is 0 Å². The largest absolute Gasteiger partial charge is 0.494 e. The standard InChI is InChI=1S/C12H18BrNO/c1-3-15-12-7-9(2)11(13)8-10(12)5-4-6-14/h7-8H,3-6,14H2,1-2H3. The summed E-state index contributed by atoms with van der Waals surface area (Å²) in [5.74, 6) is 0.992. The average Bonchev–Trinajstić information content (AvgIpc) is 2.21. The van der Waals surface area contributed by atoms with Gasteiger partial charge in [-0.2, -0.15) is 0 Å². The zero-order valence-corrected chi connectivity index (χ0v) is 10.9.